The van der Waals surface area contributed by atoms with Crippen molar-refractivity contribution < 1.29 is 23.7 Å². The van der Waals surface area contributed by atoms with Gasteiger partial charge in [0, 0.05) is 14.2 Å². The number of ether oxygens (including phenoxy) is 4. The molecule has 4 rings (SSSR count). The van der Waals surface area contributed by atoms with Crippen LogP contribution in [0.4, 0.5) is 9.93 Å². The van der Waals surface area contributed by atoms with Crippen LogP contribution in [0.2, 0.25) is 0 Å². The highest BCUT2D eigenvalue weighted by atomic mass is 32.1. The van der Waals surface area contributed by atoms with Gasteiger partial charge in [-0.25, -0.2) is 4.79 Å². The van der Waals surface area contributed by atoms with E-state index in [4.69, 9.17) is 18.9 Å². The normalized spacial score (nSPS) is 35.1. The molecule has 190 valence electrons. The van der Waals surface area contributed by atoms with Gasteiger partial charge in [-0.3, -0.25) is 0 Å². The summed E-state index contributed by atoms with van der Waals surface area (Å²) in [6, 6.07) is -0.289. The molecule has 2 N–H and O–H groups in total. The molecule has 7 atom stereocenters. The van der Waals surface area contributed by atoms with Crippen LogP contribution in [0.15, 0.2) is 11.6 Å². The Labute approximate surface area is 206 Å². The fourth-order valence-corrected chi connectivity index (χ4v) is 6.27. The van der Waals surface area contributed by atoms with Crippen molar-refractivity contribution in [1.29, 1.82) is 0 Å². The maximum Gasteiger partial charge on any atom is 0.408 e. The average Bonchev–Trinajstić information content (AvgIpc) is 3.64. The van der Waals surface area contributed by atoms with Gasteiger partial charge in [-0.15, -0.1) is 10.2 Å². The molecule has 1 spiro atoms. The van der Waals surface area contributed by atoms with E-state index in [1.54, 1.807) is 14.2 Å². The van der Waals surface area contributed by atoms with Crippen LogP contribution in [0.25, 0.3) is 0 Å². The summed E-state index contributed by atoms with van der Waals surface area (Å²) < 4.78 is 24.2. The molecule has 1 amide bonds. The SMILES string of the molecule is CNc1nnc(C(NC(=O)O[C@@H]2CC[C@]3(CO3)C([C@@]3(C)O[C@@H]3CC=C(C)C)[C@@H]2OC)C(C)C)s1. The number of hydrogen-bond acceptors (Lipinski definition) is 9. The summed E-state index contributed by atoms with van der Waals surface area (Å²) in [5, 5.41) is 15.8. The third-order valence-electron chi connectivity index (χ3n) is 7.36. The Kier molecular flexibility index (Phi) is 7.24. The number of hydrogen-bond donors (Lipinski definition) is 2. The van der Waals surface area contributed by atoms with Crippen LogP contribution in [0.1, 0.15) is 64.9 Å². The Morgan fingerprint density at radius 2 is 2.09 bits per heavy atom. The molecule has 3 aliphatic rings. The van der Waals surface area contributed by atoms with Crippen LogP contribution in [0.3, 0.4) is 0 Å². The quantitative estimate of drug-likeness (QED) is 0.390. The third-order valence-corrected chi connectivity index (χ3v) is 8.38. The van der Waals surface area contributed by atoms with E-state index in [2.05, 4.69) is 47.7 Å². The number of allylic oxidation sites excluding steroid dienone is 1. The molecule has 34 heavy (non-hydrogen) atoms. The van der Waals surface area contributed by atoms with Crippen molar-refractivity contribution in [3.05, 3.63) is 16.7 Å². The molecular formula is C24H38N4O5S. The van der Waals surface area contributed by atoms with E-state index in [0.717, 1.165) is 17.8 Å². The molecule has 2 unspecified atom stereocenters. The third kappa shape index (κ3) is 4.96. The van der Waals surface area contributed by atoms with Gasteiger partial charge in [-0.05, 0) is 46.0 Å². The van der Waals surface area contributed by atoms with E-state index < -0.39 is 6.09 Å². The topological polar surface area (TPSA) is 110 Å². The summed E-state index contributed by atoms with van der Waals surface area (Å²) in [6.45, 7) is 11.1. The monoisotopic (exact) mass is 494 g/mol. The lowest BCUT2D eigenvalue weighted by Crippen LogP contribution is -2.56. The highest BCUT2D eigenvalue weighted by Crippen LogP contribution is 2.59. The average molecular weight is 495 g/mol. The summed E-state index contributed by atoms with van der Waals surface area (Å²) in [5.41, 5.74) is 0.664. The second-order valence-electron chi connectivity index (χ2n) is 10.4. The van der Waals surface area contributed by atoms with Gasteiger partial charge >= 0.3 is 6.09 Å². The first-order chi connectivity index (χ1) is 16.1. The van der Waals surface area contributed by atoms with Crippen molar-refractivity contribution in [3.8, 4) is 0 Å². The van der Waals surface area contributed by atoms with E-state index >= 15 is 0 Å². The molecule has 3 fully saturated rings. The molecule has 9 nitrogen and oxygen atoms in total. The van der Waals surface area contributed by atoms with Gasteiger partial charge in [-0.2, -0.15) is 0 Å². The number of nitrogens with one attached hydrogen (secondary N) is 2. The molecule has 1 saturated carbocycles. The zero-order chi connectivity index (χ0) is 24.7. The molecule has 2 saturated heterocycles. The van der Waals surface area contributed by atoms with Crippen molar-refractivity contribution in [3.63, 3.8) is 0 Å². The number of amides is 1. The minimum atomic E-state index is -0.471. The van der Waals surface area contributed by atoms with Gasteiger partial charge < -0.3 is 29.6 Å². The number of methoxy groups -OCH3 is 1. The van der Waals surface area contributed by atoms with Crippen LogP contribution in [-0.4, -0.2) is 66.6 Å². The van der Waals surface area contributed by atoms with E-state index in [-0.39, 0.29) is 47.4 Å². The van der Waals surface area contributed by atoms with Crippen molar-refractivity contribution >= 4 is 22.6 Å². The standard InChI is InChI=1S/C24H38N4O5S/c1-13(2)8-9-16-23(5,33-16)19-18(30-7)15(10-11-24(19)12-31-24)32-22(29)26-17(14(3)4)20-27-28-21(25-6)34-20/h8,14-19H,9-12H2,1-7H3,(H,25,28)(H,26,29)/t15-,16-,17?,18-,19?,23+,24+/m1/s1. The summed E-state index contributed by atoms with van der Waals surface area (Å²) in [7, 11) is 3.48. The predicted molar refractivity (Wildman–Crippen MR) is 130 cm³/mol. The number of rotatable bonds is 9. The van der Waals surface area contributed by atoms with Crippen LogP contribution in [0, 0.1) is 11.8 Å². The van der Waals surface area contributed by atoms with Crippen molar-refractivity contribution in [2.45, 2.75) is 89.4 Å². The maximum absolute atomic E-state index is 13.0. The lowest BCUT2D eigenvalue weighted by atomic mass is 9.68. The first kappa shape index (κ1) is 25.3. The summed E-state index contributed by atoms with van der Waals surface area (Å²) >= 11 is 1.42. The van der Waals surface area contributed by atoms with Gasteiger partial charge in [0.2, 0.25) is 5.13 Å². The zero-order valence-corrected chi connectivity index (χ0v) is 22.0. The Balaban J connectivity index is 1.45. The number of alkyl carbamates (subject to hydrolysis) is 1. The Hall–Kier alpha value is -1.75. The van der Waals surface area contributed by atoms with Crippen molar-refractivity contribution in [2.24, 2.45) is 11.8 Å². The number of anilines is 1. The number of epoxide rings is 2. The Morgan fingerprint density at radius 1 is 1.35 bits per heavy atom. The maximum atomic E-state index is 13.0. The molecule has 1 aromatic heterocycles. The first-order valence-corrected chi connectivity index (χ1v) is 12.9. The van der Waals surface area contributed by atoms with Crippen molar-refractivity contribution in [1.82, 2.24) is 15.5 Å². The zero-order valence-electron chi connectivity index (χ0n) is 21.2. The highest BCUT2D eigenvalue weighted by molar-refractivity contribution is 7.15. The minimum Gasteiger partial charge on any atom is -0.443 e. The first-order valence-electron chi connectivity index (χ1n) is 12.1. The van der Waals surface area contributed by atoms with Gasteiger partial charge in [0.05, 0.1) is 24.7 Å². The molecule has 3 heterocycles. The predicted octanol–water partition coefficient (Wildman–Crippen LogP) is 4.08. The molecular weight excluding hydrogens is 456 g/mol. The Bertz CT molecular complexity index is 913. The molecule has 2 aliphatic heterocycles. The van der Waals surface area contributed by atoms with Gasteiger partial charge in [-0.1, -0.05) is 36.8 Å². The number of carbonyl (C=O) groups is 1. The van der Waals surface area contributed by atoms with Gasteiger partial charge in [0.25, 0.3) is 0 Å². The highest BCUT2D eigenvalue weighted by Gasteiger charge is 2.72. The number of nitrogens with zero attached hydrogens (tertiary/aromatic N) is 2. The van der Waals surface area contributed by atoms with Crippen LogP contribution in [0.5, 0.6) is 0 Å². The summed E-state index contributed by atoms with van der Waals surface area (Å²) in [5.74, 6) is 0.120. The molecule has 0 radical (unpaired) electrons. The number of aromatic nitrogens is 2. The van der Waals surface area contributed by atoms with Crippen LogP contribution >= 0.6 is 11.3 Å². The van der Waals surface area contributed by atoms with E-state index in [0.29, 0.717) is 18.2 Å². The van der Waals surface area contributed by atoms with Crippen LogP contribution in [-0.2, 0) is 18.9 Å². The summed E-state index contributed by atoms with van der Waals surface area (Å²) in [6.07, 6.45) is 3.53. The molecule has 0 aromatic carbocycles. The molecule has 1 aromatic rings. The lowest BCUT2D eigenvalue weighted by molar-refractivity contribution is -0.118. The second-order valence-corrected chi connectivity index (χ2v) is 11.4. The smallest absolute Gasteiger partial charge is 0.408 e. The van der Waals surface area contributed by atoms with Crippen LogP contribution < -0.4 is 10.6 Å². The number of carbonyl (C=O) groups excluding carboxylic acids is 1. The molecule has 1 aliphatic carbocycles. The molecule has 0 bridgehead atoms. The van der Waals surface area contributed by atoms with Crippen molar-refractivity contribution in [2.75, 3.05) is 26.1 Å². The molecule has 10 heteroatoms. The minimum absolute atomic E-state index is 0.00522. The van der Waals surface area contributed by atoms with E-state index in [1.807, 2.05) is 13.8 Å². The summed E-state index contributed by atoms with van der Waals surface area (Å²) in [4.78, 5) is 13.0. The fourth-order valence-electron chi connectivity index (χ4n) is 5.34. The van der Waals surface area contributed by atoms with Gasteiger partial charge in [0.15, 0.2) is 0 Å². The van der Waals surface area contributed by atoms with E-state index in [1.165, 1.54) is 16.9 Å². The largest absolute Gasteiger partial charge is 0.443 e. The van der Waals surface area contributed by atoms with Gasteiger partial charge in [0.1, 0.15) is 28.4 Å². The lowest BCUT2D eigenvalue weighted by Gasteiger charge is -2.42. The Morgan fingerprint density at radius 3 is 2.65 bits per heavy atom. The van der Waals surface area contributed by atoms with E-state index in [9.17, 15) is 4.79 Å². The fraction of sp³-hybridized carbons (Fsp3) is 0.792. The second kappa shape index (κ2) is 9.72.